The van der Waals surface area contributed by atoms with Crippen LogP contribution in [0.25, 0.3) is 0 Å². The minimum atomic E-state index is 0.525. The SMILES string of the molecule is COc1ccc(Nc2nccc(NCCCn3cccn3)n2)cc1OCCCN1CCCC1. The number of nitrogens with zero attached hydrogens (tertiary/aromatic N) is 5. The molecular weight excluding hydrogens is 418 g/mol. The van der Waals surface area contributed by atoms with Gasteiger partial charge in [-0.2, -0.15) is 10.1 Å². The molecule has 2 aromatic heterocycles. The molecule has 4 rings (SSSR count). The topological polar surface area (TPSA) is 89.4 Å². The van der Waals surface area contributed by atoms with Gasteiger partial charge in [0.25, 0.3) is 0 Å². The number of aromatic nitrogens is 4. The molecule has 1 aromatic carbocycles. The number of nitrogens with one attached hydrogen (secondary N) is 2. The van der Waals surface area contributed by atoms with Gasteiger partial charge in [0.05, 0.1) is 13.7 Å². The summed E-state index contributed by atoms with van der Waals surface area (Å²) < 4.78 is 13.4. The first kappa shape index (κ1) is 22.8. The zero-order valence-corrected chi connectivity index (χ0v) is 19.2. The van der Waals surface area contributed by atoms with E-state index in [1.807, 2.05) is 41.2 Å². The van der Waals surface area contributed by atoms with Crippen molar-refractivity contribution in [2.75, 3.05) is 50.5 Å². The number of benzene rings is 1. The van der Waals surface area contributed by atoms with Gasteiger partial charge in [0, 0.05) is 50.0 Å². The molecule has 0 unspecified atom stereocenters. The van der Waals surface area contributed by atoms with E-state index in [4.69, 9.17) is 9.47 Å². The number of likely N-dealkylation sites (tertiary alicyclic amines) is 1. The van der Waals surface area contributed by atoms with Crippen LogP contribution in [0.15, 0.2) is 48.9 Å². The molecule has 0 amide bonds. The molecule has 1 aliphatic heterocycles. The number of anilines is 3. The molecule has 176 valence electrons. The highest BCUT2D eigenvalue weighted by Gasteiger charge is 2.11. The second kappa shape index (κ2) is 12.1. The fourth-order valence-electron chi connectivity index (χ4n) is 3.88. The normalized spacial score (nSPS) is 13.7. The lowest BCUT2D eigenvalue weighted by atomic mass is 10.2. The van der Waals surface area contributed by atoms with Crippen LogP contribution in [0, 0.1) is 0 Å². The Balaban J connectivity index is 1.28. The van der Waals surface area contributed by atoms with Gasteiger partial charge < -0.3 is 25.0 Å². The first-order chi connectivity index (χ1) is 16.3. The van der Waals surface area contributed by atoms with E-state index >= 15 is 0 Å². The van der Waals surface area contributed by atoms with Crippen molar-refractivity contribution in [2.24, 2.45) is 0 Å². The van der Waals surface area contributed by atoms with Gasteiger partial charge in [0.15, 0.2) is 11.5 Å². The number of hydrogen-bond donors (Lipinski definition) is 2. The quantitative estimate of drug-likeness (QED) is 0.380. The highest BCUT2D eigenvalue weighted by Crippen LogP contribution is 2.31. The van der Waals surface area contributed by atoms with Crippen LogP contribution < -0.4 is 20.1 Å². The maximum Gasteiger partial charge on any atom is 0.229 e. The first-order valence-corrected chi connectivity index (χ1v) is 11.6. The van der Waals surface area contributed by atoms with E-state index in [9.17, 15) is 0 Å². The van der Waals surface area contributed by atoms with Gasteiger partial charge in [0.2, 0.25) is 5.95 Å². The van der Waals surface area contributed by atoms with Crippen LogP contribution in [-0.4, -0.2) is 64.5 Å². The predicted octanol–water partition coefficient (Wildman–Crippen LogP) is 3.79. The maximum atomic E-state index is 6.03. The molecule has 1 fully saturated rings. The summed E-state index contributed by atoms with van der Waals surface area (Å²) in [4.78, 5) is 11.4. The third kappa shape index (κ3) is 7.08. The molecular formula is C24H33N7O2. The first-order valence-electron chi connectivity index (χ1n) is 11.6. The van der Waals surface area contributed by atoms with Crippen LogP contribution in [0.3, 0.4) is 0 Å². The molecule has 33 heavy (non-hydrogen) atoms. The fraction of sp³-hybridized carbons (Fsp3) is 0.458. The van der Waals surface area contributed by atoms with Gasteiger partial charge in [-0.25, -0.2) is 4.98 Å². The summed E-state index contributed by atoms with van der Waals surface area (Å²) in [6.45, 7) is 5.82. The Bertz CT molecular complexity index is 975. The van der Waals surface area contributed by atoms with Crippen LogP contribution in [0.1, 0.15) is 25.7 Å². The predicted molar refractivity (Wildman–Crippen MR) is 129 cm³/mol. The number of ether oxygens (including phenoxy) is 2. The summed E-state index contributed by atoms with van der Waals surface area (Å²) in [6.07, 6.45) is 10.1. The lowest BCUT2D eigenvalue weighted by Gasteiger charge is -2.16. The van der Waals surface area contributed by atoms with Crippen molar-refractivity contribution in [1.29, 1.82) is 0 Å². The lowest BCUT2D eigenvalue weighted by Crippen LogP contribution is -2.21. The van der Waals surface area contributed by atoms with Crippen molar-refractivity contribution in [2.45, 2.75) is 32.2 Å². The van der Waals surface area contributed by atoms with Gasteiger partial charge in [-0.05, 0) is 63.0 Å². The van der Waals surface area contributed by atoms with Crippen molar-refractivity contribution in [3.05, 3.63) is 48.9 Å². The van der Waals surface area contributed by atoms with Crippen LogP contribution in [-0.2, 0) is 6.54 Å². The Labute approximate surface area is 195 Å². The van der Waals surface area contributed by atoms with Crippen LogP contribution in [0.4, 0.5) is 17.5 Å². The second-order valence-electron chi connectivity index (χ2n) is 8.06. The standard InChI is InChI=1S/C24H33N7O2/c1-32-21-8-7-20(19-22(21)33-18-6-15-30-13-2-3-14-30)28-24-26-12-9-23(29-24)25-10-4-16-31-17-5-11-27-31/h5,7-9,11-12,17,19H,2-4,6,10,13-16,18H2,1H3,(H2,25,26,28,29). The van der Waals surface area contributed by atoms with Crippen LogP contribution in [0.2, 0.25) is 0 Å². The van der Waals surface area contributed by atoms with E-state index in [1.54, 1.807) is 19.5 Å². The third-order valence-electron chi connectivity index (χ3n) is 5.58. The van der Waals surface area contributed by atoms with Gasteiger partial charge in [-0.15, -0.1) is 0 Å². The smallest absolute Gasteiger partial charge is 0.229 e. The summed E-state index contributed by atoms with van der Waals surface area (Å²) in [5, 5.41) is 10.8. The van der Waals surface area contributed by atoms with E-state index in [0.29, 0.717) is 12.6 Å². The number of aryl methyl sites for hydroxylation is 1. The summed E-state index contributed by atoms with van der Waals surface area (Å²) >= 11 is 0. The Morgan fingerprint density at radius 1 is 1.03 bits per heavy atom. The Morgan fingerprint density at radius 2 is 1.94 bits per heavy atom. The molecule has 2 N–H and O–H groups in total. The number of hydrogen-bond acceptors (Lipinski definition) is 8. The van der Waals surface area contributed by atoms with E-state index < -0.39 is 0 Å². The molecule has 0 radical (unpaired) electrons. The van der Waals surface area contributed by atoms with E-state index in [-0.39, 0.29) is 0 Å². The molecule has 0 saturated carbocycles. The monoisotopic (exact) mass is 451 g/mol. The molecule has 1 saturated heterocycles. The second-order valence-corrected chi connectivity index (χ2v) is 8.06. The molecule has 0 spiro atoms. The van der Waals surface area contributed by atoms with Crippen molar-refractivity contribution in [3.63, 3.8) is 0 Å². The van der Waals surface area contributed by atoms with Gasteiger partial charge in [0.1, 0.15) is 5.82 Å². The largest absolute Gasteiger partial charge is 0.493 e. The Hall–Kier alpha value is -3.33. The van der Waals surface area contributed by atoms with Gasteiger partial charge in [-0.1, -0.05) is 0 Å². The third-order valence-corrected chi connectivity index (χ3v) is 5.58. The average Bonchev–Trinajstić information content (AvgIpc) is 3.55. The zero-order valence-electron chi connectivity index (χ0n) is 19.2. The molecule has 0 aliphatic carbocycles. The summed E-state index contributed by atoms with van der Waals surface area (Å²) in [5.41, 5.74) is 0.848. The molecule has 9 nitrogen and oxygen atoms in total. The minimum absolute atomic E-state index is 0.525. The average molecular weight is 452 g/mol. The molecule has 0 atom stereocenters. The Kier molecular flexibility index (Phi) is 8.35. The van der Waals surface area contributed by atoms with Gasteiger partial charge >= 0.3 is 0 Å². The fourth-order valence-corrected chi connectivity index (χ4v) is 3.88. The summed E-state index contributed by atoms with van der Waals surface area (Å²) in [6, 6.07) is 9.56. The van der Waals surface area contributed by atoms with E-state index in [0.717, 1.165) is 55.5 Å². The van der Waals surface area contributed by atoms with Crippen LogP contribution in [0.5, 0.6) is 11.5 Å². The van der Waals surface area contributed by atoms with Crippen molar-refractivity contribution >= 4 is 17.5 Å². The Morgan fingerprint density at radius 3 is 2.76 bits per heavy atom. The zero-order chi connectivity index (χ0) is 22.7. The lowest BCUT2D eigenvalue weighted by molar-refractivity contribution is 0.254. The summed E-state index contributed by atoms with van der Waals surface area (Å²) in [7, 11) is 1.66. The van der Waals surface area contributed by atoms with Gasteiger partial charge in [-0.3, -0.25) is 4.68 Å². The highest BCUT2D eigenvalue weighted by molar-refractivity contribution is 5.60. The minimum Gasteiger partial charge on any atom is -0.493 e. The van der Waals surface area contributed by atoms with Crippen LogP contribution >= 0.6 is 0 Å². The number of rotatable bonds is 13. The van der Waals surface area contributed by atoms with Crippen molar-refractivity contribution in [1.82, 2.24) is 24.6 Å². The maximum absolute atomic E-state index is 6.03. The molecule has 3 aromatic rings. The highest BCUT2D eigenvalue weighted by atomic mass is 16.5. The van der Waals surface area contributed by atoms with Crippen molar-refractivity contribution in [3.8, 4) is 11.5 Å². The molecule has 3 heterocycles. The van der Waals surface area contributed by atoms with E-state index in [1.165, 1.54) is 25.9 Å². The summed E-state index contributed by atoms with van der Waals surface area (Å²) in [5.74, 6) is 2.74. The number of methoxy groups -OCH3 is 1. The van der Waals surface area contributed by atoms with E-state index in [2.05, 4.69) is 30.6 Å². The molecule has 9 heteroatoms. The molecule has 1 aliphatic rings. The van der Waals surface area contributed by atoms with Crippen molar-refractivity contribution < 1.29 is 9.47 Å². The molecule has 0 bridgehead atoms.